The summed E-state index contributed by atoms with van der Waals surface area (Å²) in [6.07, 6.45) is 10.3. The topological polar surface area (TPSA) is 25.8 Å². The molecule has 0 bridgehead atoms. The van der Waals surface area contributed by atoms with Gasteiger partial charge in [0.05, 0.1) is 11.9 Å². The summed E-state index contributed by atoms with van der Waals surface area (Å²) in [6, 6.07) is 0. The molecular weight excluding hydrogens is 228 g/mol. The molecule has 3 heteroatoms. The second-order valence-electron chi connectivity index (χ2n) is 3.60. The molecule has 2 nitrogen and oxygen atoms in total. The van der Waals surface area contributed by atoms with Crippen LogP contribution in [0.15, 0.2) is 17.0 Å². The molecule has 0 spiro atoms. The van der Waals surface area contributed by atoms with Gasteiger partial charge in [-0.3, -0.25) is 4.98 Å². The van der Waals surface area contributed by atoms with Gasteiger partial charge in [-0.05, 0) is 28.8 Å². The Bertz CT molecular complexity index is 282. The molecule has 0 amide bonds. The first-order chi connectivity index (χ1) is 6.36. The first kappa shape index (κ1) is 9.13. The molecule has 1 fully saturated rings. The minimum absolute atomic E-state index is 0.652. The molecule has 70 valence electrons. The molecule has 0 N–H and O–H groups in total. The summed E-state index contributed by atoms with van der Waals surface area (Å²) < 4.78 is 0.857. The number of hydrogen-bond acceptors (Lipinski definition) is 2. The Balaban J connectivity index is 2.14. The molecule has 13 heavy (non-hydrogen) atoms. The third-order valence-electron chi connectivity index (χ3n) is 2.65. The van der Waals surface area contributed by atoms with E-state index in [2.05, 4.69) is 25.9 Å². The maximum Gasteiger partial charge on any atom is 0.124 e. The smallest absolute Gasteiger partial charge is 0.124 e. The summed E-state index contributed by atoms with van der Waals surface area (Å²) in [4.78, 5) is 8.60. The quantitative estimate of drug-likeness (QED) is 0.753. The van der Waals surface area contributed by atoms with Gasteiger partial charge in [0.25, 0.3) is 0 Å². The summed E-state index contributed by atoms with van der Waals surface area (Å²) >= 11 is 3.36. The Kier molecular flexibility index (Phi) is 2.94. The van der Waals surface area contributed by atoms with Gasteiger partial charge in [-0.1, -0.05) is 19.3 Å². The van der Waals surface area contributed by atoms with Crippen LogP contribution in [0.25, 0.3) is 0 Å². The average Bonchev–Trinajstić information content (AvgIpc) is 2.19. The molecule has 1 aromatic heterocycles. The Hall–Kier alpha value is -0.440. The number of hydrogen-bond donors (Lipinski definition) is 0. The van der Waals surface area contributed by atoms with Crippen molar-refractivity contribution in [3.63, 3.8) is 0 Å². The molecule has 0 aromatic carbocycles. The largest absolute Gasteiger partial charge is 0.260 e. The van der Waals surface area contributed by atoms with Gasteiger partial charge in [0, 0.05) is 12.1 Å². The Morgan fingerprint density at radius 2 is 1.92 bits per heavy atom. The van der Waals surface area contributed by atoms with Crippen molar-refractivity contribution in [3.05, 3.63) is 22.7 Å². The molecule has 2 rings (SSSR count). The number of halogens is 1. The lowest BCUT2D eigenvalue weighted by Crippen LogP contribution is -2.06. The van der Waals surface area contributed by atoms with E-state index in [0.717, 1.165) is 10.3 Å². The zero-order valence-corrected chi connectivity index (χ0v) is 9.13. The number of rotatable bonds is 1. The molecule has 1 aliphatic carbocycles. The maximum absolute atomic E-state index is 4.45. The third-order valence-corrected chi connectivity index (χ3v) is 3.03. The summed E-state index contributed by atoms with van der Waals surface area (Å²) in [5.74, 6) is 0.652. The van der Waals surface area contributed by atoms with Crippen LogP contribution in [0.1, 0.15) is 43.7 Å². The van der Waals surface area contributed by atoms with Crippen molar-refractivity contribution in [2.24, 2.45) is 0 Å². The van der Waals surface area contributed by atoms with Crippen LogP contribution in [0.5, 0.6) is 0 Å². The second-order valence-corrected chi connectivity index (χ2v) is 4.41. The number of nitrogens with zero attached hydrogens (tertiary/aromatic N) is 2. The fourth-order valence-corrected chi connectivity index (χ4v) is 2.27. The Labute approximate surface area is 86.9 Å². The van der Waals surface area contributed by atoms with Crippen LogP contribution < -0.4 is 0 Å². The SMILES string of the molecule is Brc1cncc(C2CCCCC2)n1. The molecular formula is C10H13BrN2. The van der Waals surface area contributed by atoms with Crippen LogP contribution in [0.4, 0.5) is 0 Å². The van der Waals surface area contributed by atoms with Crippen molar-refractivity contribution < 1.29 is 0 Å². The molecule has 0 aliphatic heterocycles. The Morgan fingerprint density at radius 1 is 1.15 bits per heavy atom. The summed E-state index contributed by atoms with van der Waals surface area (Å²) in [5, 5.41) is 0. The van der Waals surface area contributed by atoms with Gasteiger partial charge >= 0.3 is 0 Å². The van der Waals surface area contributed by atoms with Crippen molar-refractivity contribution in [1.29, 1.82) is 0 Å². The molecule has 0 radical (unpaired) electrons. The van der Waals surface area contributed by atoms with Crippen LogP contribution >= 0.6 is 15.9 Å². The van der Waals surface area contributed by atoms with E-state index in [1.807, 2.05) is 6.20 Å². The van der Waals surface area contributed by atoms with E-state index >= 15 is 0 Å². The third kappa shape index (κ3) is 2.27. The lowest BCUT2D eigenvalue weighted by atomic mass is 9.87. The minimum atomic E-state index is 0.652. The Morgan fingerprint density at radius 3 is 2.62 bits per heavy atom. The van der Waals surface area contributed by atoms with Crippen molar-refractivity contribution in [1.82, 2.24) is 9.97 Å². The lowest BCUT2D eigenvalue weighted by molar-refractivity contribution is 0.435. The summed E-state index contributed by atoms with van der Waals surface area (Å²) in [5.41, 5.74) is 1.16. The van der Waals surface area contributed by atoms with Crippen molar-refractivity contribution in [3.8, 4) is 0 Å². The molecule has 0 saturated heterocycles. The summed E-state index contributed by atoms with van der Waals surface area (Å²) in [7, 11) is 0. The van der Waals surface area contributed by atoms with E-state index in [9.17, 15) is 0 Å². The van der Waals surface area contributed by atoms with Gasteiger partial charge in [-0.25, -0.2) is 4.98 Å². The first-order valence-electron chi connectivity index (χ1n) is 4.84. The molecule has 0 atom stereocenters. The predicted octanol–water partition coefficient (Wildman–Crippen LogP) is 3.29. The zero-order chi connectivity index (χ0) is 9.10. The standard InChI is InChI=1S/C10H13BrN2/c11-10-7-12-6-9(13-10)8-4-2-1-3-5-8/h6-8H,1-5H2. The normalized spacial score (nSPS) is 18.8. The van der Waals surface area contributed by atoms with Gasteiger partial charge < -0.3 is 0 Å². The van der Waals surface area contributed by atoms with Gasteiger partial charge in [0.2, 0.25) is 0 Å². The van der Waals surface area contributed by atoms with Crippen LogP contribution in [0, 0.1) is 0 Å². The fraction of sp³-hybridized carbons (Fsp3) is 0.600. The summed E-state index contributed by atoms with van der Waals surface area (Å²) in [6.45, 7) is 0. The molecule has 1 aliphatic rings. The van der Waals surface area contributed by atoms with E-state index < -0.39 is 0 Å². The predicted molar refractivity (Wildman–Crippen MR) is 55.6 cm³/mol. The average molecular weight is 241 g/mol. The van der Waals surface area contributed by atoms with Crippen molar-refractivity contribution in [2.75, 3.05) is 0 Å². The van der Waals surface area contributed by atoms with Crippen LogP contribution in [-0.2, 0) is 0 Å². The molecule has 1 aromatic rings. The lowest BCUT2D eigenvalue weighted by Gasteiger charge is -2.20. The van der Waals surface area contributed by atoms with E-state index in [-0.39, 0.29) is 0 Å². The highest BCUT2D eigenvalue weighted by atomic mass is 79.9. The van der Waals surface area contributed by atoms with E-state index in [0.29, 0.717) is 5.92 Å². The highest BCUT2D eigenvalue weighted by Gasteiger charge is 2.16. The molecule has 1 heterocycles. The van der Waals surface area contributed by atoms with Crippen molar-refractivity contribution >= 4 is 15.9 Å². The van der Waals surface area contributed by atoms with Gasteiger partial charge in [-0.2, -0.15) is 0 Å². The maximum atomic E-state index is 4.45. The highest BCUT2D eigenvalue weighted by molar-refractivity contribution is 9.10. The van der Waals surface area contributed by atoms with Crippen LogP contribution in [0.2, 0.25) is 0 Å². The molecule has 1 saturated carbocycles. The molecule has 0 unspecified atom stereocenters. The van der Waals surface area contributed by atoms with Crippen LogP contribution in [0.3, 0.4) is 0 Å². The van der Waals surface area contributed by atoms with Crippen LogP contribution in [-0.4, -0.2) is 9.97 Å². The fourth-order valence-electron chi connectivity index (χ4n) is 1.95. The van der Waals surface area contributed by atoms with Gasteiger partial charge in [0.1, 0.15) is 4.60 Å². The first-order valence-corrected chi connectivity index (χ1v) is 5.63. The number of aromatic nitrogens is 2. The van der Waals surface area contributed by atoms with E-state index in [4.69, 9.17) is 0 Å². The van der Waals surface area contributed by atoms with E-state index in [1.165, 1.54) is 32.1 Å². The zero-order valence-electron chi connectivity index (χ0n) is 7.54. The second kappa shape index (κ2) is 4.18. The minimum Gasteiger partial charge on any atom is -0.260 e. The van der Waals surface area contributed by atoms with Gasteiger partial charge in [-0.15, -0.1) is 0 Å². The highest BCUT2D eigenvalue weighted by Crippen LogP contribution is 2.31. The van der Waals surface area contributed by atoms with Crippen molar-refractivity contribution in [2.45, 2.75) is 38.0 Å². The van der Waals surface area contributed by atoms with Gasteiger partial charge in [0.15, 0.2) is 0 Å². The van der Waals surface area contributed by atoms with E-state index in [1.54, 1.807) is 6.20 Å². The monoisotopic (exact) mass is 240 g/mol.